The van der Waals surface area contributed by atoms with Crippen molar-refractivity contribution in [3.63, 3.8) is 0 Å². The number of nitrogens with zero attached hydrogens (tertiary/aromatic N) is 4. The van der Waals surface area contributed by atoms with Gasteiger partial charge in [0.1, 0.15) is 0 Å². The standard InChI is InChI=1S/C20H21N5O/c1-12-9-13(2)23-20(22-12)25-16-10-15(14-7-5-4-6-8-14)11-17(26)18(16)19(21-3)24-25/h4-9,15H,10-11H2,1-3H3,(H,21,24)/t15-/m0/s1. The molecule has 2 heterocycles. The van der Waals surface area contributed by atoms with Gasteiger partial charge in [0.05, 0.1) is 11.3 Å². The zero-order chi connectivity index (χ0) is 18.3. The Morgan fingerprint density at radius 2 is 1.77 bits per heavy atom. The van der Waals surface area contributed by atoms with Crippen molar-refractivity contribution >= 4 is 11.6 Å². The van der Waals surface area contributed by atoms with Crippen molar-refractivity contribution in [2.75, 3.05) is 12.4 Å². The number of carbonyl (C=O) groups is 1. The second-order valence-electron chi connectivity index (χ2n) is 6.72. The summed E-state index contributed by atoms with van der Waals surface area (Å²) in [5.41, 5.74) is 4.48. The number of ketones is 1. The summed E-state index contributed by atoms with van der Waals surface area (Å²) in [5.74, 6) is 1.36. The van der Waals surface area contributed by atoms with Crippen LogP contribution >= 0.6 is 0 Å². The smallest absolute Gasteiger partial charge is 0.251 e. The normalized spacial score (nSPS) is 16.4. The molecule has 6 heteroatoms. The molecule has 0 bridgehead atoms. The Morgan fingerprint density at radius 1 is 1.08 bits per heavy atom. The minimum absolute atomic E-state index is 0.111. The molecular weight excluding hydrogens is 326 g/mol. The van der Waals surface area contributed by atoms with E-state index in [1.807, 2.05) is 38.1 Å². The molecule has 0 saturated heterocycles. The lowest BCUT2D eigenvalue weighted by Gasteiger charge is -2.22. The zero-order valence-electron chi connectivity index (χ0n) is 15.2. The van der Waals surface area contributed by atoms with Crippen molar-refractivity contribution in [1.29, 1.82) is 0 Å². The van der Waals surface area contributed by atoms with E-state index in [1.54, 1.807) is 11.7 Å². The van der Waals surface area contributed by atoms with E-state index in [0.29, 0.717) is 23.8 Å². The molecule has 2 aromatic heterocycles. The van der Waals surface area contributed by atoms with Crippen LogP contribution < -0.4 is 5.32 Å². The topological polar surface area (TPSA) is 72.7 Å². The van der Waals surface area contributed by atoms with Crippen LogP contribution in [0, 0.1) is 13.8 Å². The third-order valence-corrected chi connectivity index (χ3v) is 4.80. The van der Waals surface area contributed by atoms with Gasteiger partial charge in [0.15, 0.2) is 11.6 Å². The average Bonchev–Trinajstić information content (AvgIpc) is 3.01. The molecule has 3 aromatic rings. The summed E-state index contributed by atoms with van der Waals surface area (Å²) in [5, 5.41) is 7.65. The number of benzene rings is 1. The maximum Gasteiger partial charge on any atom is 0.251 e. The van der Waals surface area contributed by atoms with Crippen LogP contribution in [0.1, 0.15) is 45.3 Å². The van der Waals surface area contributed by atoms with Crippen LogP contribution in [0.3, 0.4) is 0 Å². The molecular formula is C20H21N5O. The van der Waals surface area contributed by atoms with Crippen molar-refractivity contribution in [3.05, 3.63) is 64.6 Å². The van der Waals surface area contributed by atoms with E-state index in [-0.39, 0.29) is 11.7 Å². The first-order chi connectivity index (χ1) is 12.6. The number of hydrogen-bond acceptors (Lipinski definition) is 5. The molecule has 0 saturated carbocycles. The highest BCUT2D eigenvalue weighted by molar-refractivity contribution is 6.03. The molecule has 4 rings (SSSR count). The van der Waals surface area contributed by atoms with Crippen molar-refractivity contribution in [2.24, 2.45) is 0 Å². The maximum atomic E-state index is 12.9. The summed E-state index contributed by atoms with van der Waals surface area (Å²) >= 11 is 0. The summed E-state index contributed by atoms with van der Waals surface area (Å²) in [6, 6.07) is 12.1. The highest BCUT2D eigenvalue weighted by Gasteiger charge is 2.33. The summed E-state index contributed by atoms with van der Waals surface area (Å²) in [4.78, 5) is 22.0. The molecule has 0 fully saturated rings. The molecule has 0 radical (unpaired) electrons. The Kier molecular flexibility index (Phi) is 4.03. The van der Waals surface area contributed by atoms with E-state index < -0.39 is 0 Å². The lowest BCUT2D eigenvalue weighted by atomic mass is 9.82. The fourth-order valence-electron chi connectivity index (χ4n) is 3.67. The number of aryl methyl sites for hydroxylation is 2. The first kappa shape index (κ1) is 16.4. The van der Waals surface area contributed by atoms with Gasteiger partial charge in [-0.05, 0) is 37.8 Å². The van der Waals surface area contributed by atoms with Gasteiger partial charge in [-0.3, -0.25) is 4.79 Å². The van der Waals surface area contributed by atoms with E-state index in [2.05, 4.69) is 32.5 Å². The van der Waals surface area contributed by atoms with Gasteiger partial charge in [0.2, 0.25) is 0 Å². The van der Waals surface area contributed by atoms with Crippen LogP contribution in [0.2, 0.25) is 0 Å². The van der Waals surface area contributed by atoms with Gasteiger partial charge >= 0.3 is 0 Å². The van der Waals surface area contributed by atoms with E-state index >= 15 is 0 Å². The Morgan fingerprint density at radius 3 is 2.42 bits per heavy atom. The Bertz CT molecular complexity index is 957. The lowest BCUT2D eigenvalue weighted by Crippen LogP contribution is -2.21. The molecule has 1 aromatic carbocycles. The van der Waals surface area contributed by atoms with Gasteiger partial charge in [0, 0.05) is 24.9 Å². The van der Waals surface area contributed by atoms with Crippen molar-refractivity contribution in [2.45, 2.75) is 32.6 Å². The van der Waals surface area contributed by atoms with Gasteiger partial charge in [0.25, 0.3) is 5.95 Å². The molecule has 1 aliphatic carbocycles. The van der Waals surface area contributed by atoms with E-state index in [0.717, 1.165) is 23.5 Å². The quantitative estimate of drug-likeness (QED) is 0.787. The molecule has 0 amide bonds. The number of carbonyl (C=O) groups excluding carboxylic acids is 1. The number of Topliss-reactive ketones (excluding diaryl/α,β-unsaturated/α-hetero) is 1. The molecule has 132 valence electrons. The third-order valence-electron chi connectivity index (χ3n) is 4.80. The van der Waals surface area contributed by atoms with Gasteiger partial charge in [-0.2, -0.15) is 0 Å². The predicted octanol–water partition coefficient (Wildman–Crippen LogP) is 3.23. The number of nitrogens with one attached hydrogen (secondary N) is 1. The highest BCUT2D eigenvalue weighted by Crippen LogP contribution is 2.36. The van der Waals surface area contributed by atoms with Crippen molar-refractivity contribution in [3.8, 4) is 5.95 Å². The second kappa shape index (κ2) is 6.37. The van der Waals surface area contributed by atoms with Crippen LogP contribution in [0.4, 0.5) is 5.82 Å². The molecule has 0 aliphatic heterocycles. The minimum Gasteiger partial charge on any atom is -0.371 e. The fourth-order valence-corrected chi connectivity index (χ4v) is 3.67. The summed E-state index contributed by atoms with van der Waals surface area (Å²) in [6.07, 6.45) is 1.22. The monoisotopic (exact) mass is 347 g/mol. The molecule has 1 aliphatic rings. The van der Waals surface area contributed by atoms with Crippen LogP contribution in [-0.2, 0) is 6.42 Å². The largest absolute Gasteiger partial charge is 0.371 e. The van der Waals surface area contributed by atoms with Crippen molar-refractivity contribution < 1.29 is 4.79 Å². The molecule has 0 unspecified atom stereocenters. The Balaban J connectivity index is 1.85. The average molecular weight is 347 g/mol. The highest BCUT2D eigenvalue weighted by atomic mass is 16.1. The summed E-state index contributed by atoms with van der Waals surface area (Å²) < 4.78 is 1.73. The van der Waals surface area contributed by atoms with Crippen LogP contribution in [0.15, 0.2) is 36.4 Å². The lowest BCUT2D eigenvalue weighted by molar-refractivity contribution is 0.0964. The molecule has 0 spiro atoms. The van der Waals surface area contributed by atoms with Crippen LogP contribution in [0.5, 0.6) is 0 Å². The Labute approximate surface area is 152 Å². The van der Waals surface area contributed by atoms with Gasteiger partial charge in [-0.25, -0.2) is 14.6 Å². The summed E-state index contributed by atoms with van der Waals surface area (Å²) in [6.45, 7) is 3.87. The second-order valence-corrected chi connectivity index (χ2v) is 6.72. The molecule has 1 N–H and O–H groups in total. The number of aromatic nitrogens is 4. The van der Waals surface area contributed by atoms with E-state index in [4.69, 9.17) is 0 Å². The SMILES string of the molecule is CNc1nn(-c2nc(C)cc(C)n2)c2c1C(=O)C[C@@H](c1ccccc1)C2. The van der Waals surface area contributed by atoms with Crippen LogP contribution in [-0.4, -0.2) is 32.6 Å². The Hall–Kier alpha value is -3.02. The predicted molar refractivity (Wildman–Crippen MR) is 100 cm³/mol. The first-order valence-electron chi connectivity index (χ1n) is 8.77. The third kappa shape index (κ3) is 2.77. The van der Waals surface area contributed by atoms with E-state index in [1.165, 1.54) is 5.56 Å². The van der Waals surface area contributed by atoms with Gasteiger partial charge < -0.3 is 5.32 Å². The number of rotatable bonds is 3. The number of fused-ring (bicyclic) bond motifs is 1. The summed E-state index contributed by atoms with van der Waals surface area (Å²) in [7, 11) is 1.78. The fraction of sp³-hybridized carbons (Fsp3) is 0.300. The molecule has 26 heavy (non-hydrogen) atoms. The maximum absolute atomic E-state index is 12.9. The van der Waals surface area contributed by atoms with Crippen molar-refractivity contribution in [1.82, 2.24) is 19.7 Å². The van der Waals surface area contributed by atoms with Crippen LogP contribution in [0.25, 0.3) is 5.95 Å². The number of hydrogen-bond donors (Lipinski definition) is 1. The molecule has 6 nitrogen and oxygen atoms in total. The molecule has 1 atom stereocenters. The van der Waals surface area contributed by atoms with Gasteiger partial charge in [-0.1, -0.05) is 30.3 Å². The zero-order valence-corrected chi connectivity index (χ0v) is 15.2. The first-order valence-corrected chi connectivity index (χ1v) is 8.77. The van der Waals surface area contributed by atoms with Gasteiger partial charge in [-0.15, -0.1) is 5.10 Å². The number of anilines is 1. The minimum atomic E-state index is 0.111. The van der Waals surface area contributed by atoms with E-state index in [9.17, 15) is 4.79 Å².